The molecule has 3 aromatic carbocycles. The first-order chi connectivity index (χ1) is 15.6. The van der Waals surface area contributed by atoms with Crippen molar-refractivity contribution in [1.29, 1.82) is 0 Å². The zero-order valence-electron chi connectivity index (χ0n) is 19.1. The molecule has 1 aromatic heterocycles. The summed E-state index contributed by atoms with van der Waals surface area (Å²) in [6, 6.07) is 19.7. The summed E-state index contributed by atoms with van der Waals surface area (Å²) in [5.74, 6) is -1.02. The van der Waals surface area contributed by atoms with Gasteiger partial charge in [0.25, 0.3) is 0 Å². The largest absolute Gasteiger partial charge is 0.479 e. The Balaban J connectivity index is 2.02. The summed E-state index contributed by atoms with van der Waals surface area (Å²) in [5, 5.41) is 12.7. The molecule has 4 rings (SSSR count). The molecule has 0 aliphatic carbocycles. The van der Waals surface area contributed by atoms with Crippen LogP contribution in [0.3, 0.4) is 0 Å². The van der Waals surface area contributed by atoms with E-state index in [0.717, 1.165) is 38.6 Å². The molecule has 0 aliphatic heterocycles. The highest BCUT2D eigenvalue weighted by Gasteiger charge is 2.31. The van der Waals surface area contributed by atoms with E-state index in [1.807, 2.05) is 76.2 Å². The summed E-state index contributed by atoms with van der Waals surface area (Å²) < 4.78 is 6.06. The maximum Gasteiger partial charge on any atom is 0.337 e. The Kier molecular flexibility index (Phi) is 6.24. The van der Waals surface area contributed by atoms with Crippen LogP contribution >= 0.6 is 11.6 Å². The number of ether oxygens (including phenoxy) is 1. The molecule has 0 saturated carbocycles. The monoisotopic (exact) mass is 459 g/mol. The molecule has 1 atom stereocenters. The van der Waals surface area contributed by atoms with Gasteiger partial charge in [-0.3, -0.25) is 4.98 Å². The highest BCUT2D eigenvalue weighted by atomic mass is 35.5. The summed E-state index contributed by atoms with van der Waals surface area (Å²) in [6.07, 6.45) is 2.43. The van der Waals surface area contributed by atoms with Gasteiger partial charge < -0.3 is 9.84 Å². The fourth-order valence-electron chi connectivity index (χ4n) is 4.14. The van der Waals surface area contributed by atoms with Crippen LogP contribution in [0.4, 0.5) is 0 Å². The highest BCUT2D eigenvalue weighted by Crippen LogP contribution is 2.41. The quantitative estimate of drug-likeness (QED) is 0.336. The minimum atomic E-state index is -1.11. The van der Waals surface area contributed by atoms with Gasteiger partial charge in [0.1, 0.15) is 0 Å². The smallest absolute Gasteiger partial charge is 0.337 e. The third-order valence-corrected chi connectivity index (χ3v) is 5.74. The van der Waals surface area contributed by atoms with Gasteiger partial charge in [-0.05, 0) is 96.6 Å². The number of halogens is 1. The molecule has 0 radical (unpaired) electrons. The molecule has 1 heterocycles. The van der Waals surface area contributed by atoms with E-state index < -0.39 is 17.7 Å². The normalized spacial score (nSPS) is 12.6. The van der Waals surface area contributed by atoms with Crippen LogP contribution in [-0.4, -0.2) is 21.7 Å². The van der Waals surface area contributed by atoms with Crippen LogP contribution in [0.15, 0.2) is 73.1 Å². The second-order valence-electron chi connectivity index (χ2n) is 9.11. The number of nitrogens with zero attached hydrogens (tertiary/aromatic N) is 1. The number of hydrogen-bond acceptors (Lipinski definition) is 3. The van der Waals surface area contributed by atoms with Crippen LogP contribution < -0.4 is 0 Å². The summed E-state index contributed by atoms with van der Waals surface area (Å²) in [4.78, 5) is 16.5. The third-order valence-electron chi connectivity index (χ3n) is 5.49. The minimum Gasteiger partial charge on any atom is -0.479 e. The van der Waals surface area contributed by atoms with Crippen LogP contribution in [0.1, 0.15) is 38.0 Å². The molecule has 4 nitrogen and oxygen atoms in total. The van der Waals surface area contributed by atoms with Gasteiger partial charge in [-0.15, -0.1) is 0 Å². The first kappa shape index (κ1) is 23.0. The van der Waals surface area contributed by atoms with Crippen LogP contribution in [-0.2, 0) is 9.53 Å². The number of carboxylic acids is 1. The number of hydrogen-bond donors (Lipinski definition) is 1. The van der Waals surface area contributed by atoms with Crippen molar-refractivity contribution in [2.45, 2.75) is 39.4 Å². The first-order valence-corrected chi connectivity index (χ1v) is 11.2. The molecule has 0 amide bonds. The zero-order valence-corrected chi connectivity index (χ0v) is 19.9. The Morgan fingerprint density at radius 3 is 2.18 bits per heavy atom. The summed E-state index contributed by atoms with van der Waals surface area (Å²) in [7, 11) is 0. The van der Waals surface area contributed by atoms with Crippen molar-refractivity contribution >= 4 is 28.3 Å². The van der Waals surface area contributed by atoms with Crippen molar-refractivity contribution in [2.24, 2.45) is 0 Å². The van der Waals surface area contributed by atoms with Crippen LogP contribution in [0.25, 0.3) is 33.0 Å². The van der Waals surface area contributed by atoms with Gasteiger partial charge in [0.15, 0.2) is 6.10 Å². The van der Waals surface area contributed by atoms with Crippen molar-refractivity contribution in [3.8, 4) is 22.3 Å². The zero-order chi connectivity index (χ0) is 23.8. The van der Waals surface area contributed by atoms with Crippen molar-refractivity contribution in [1.82, 2.24) is 4.98 Å². The Morgan fingerprint density at radius 2 is 1.58 bits per heavy atom. The van der Waals surface area contributed by atoms with Gasteiger partial charge in [-0.2, -0.15) is 0 Å². The lowest BCUT2D eigenvalue weighted by Gasteiger charge is -2.28. The SMILES string of the molecule is Cc1cc2cc(-c3ccncc3)ccc2c(-c2ccc(Cl)cc2)c1C(OC(C)(C)C)C(=O)O. The van der Waals surface area contributed by atoms with E-state index >= 15 is 0 Å². The van der Waals surface area contributed by atoms with E-state index in [0.29, 0.717) is 10.6 Å². The molecule has 33 heavy (non-hydrogen) atoms. The van der Waals surface area contributed by atoms with Crippen molar-refractivity contribution in [3.63, 3.8) is 0 Å². The lowest BCUT2D eigenvalue weighted by Crippen LogP contribution is -2.28. The maximum atomic E-state index is 12.4. The average Bonchev–Trinajstić information content (AvgIpc) is 2.77. The Labute approximate surface area is 198 Å². The van der Waals surface area contributed by atoms with Crippen LogP contribution in [0.2, 0.25) is 5.02 Å². The average molecular weight is 460 g/mol. The predicted octanol–water partition coefficient (Wildman–Crippen LogP) is 7.47. The topological polar surface area (TPSA) is 59.4 Å². The molecule has 1 N–H and O–H groups in total. The van der Waals surface area contributed by atoms with E-state index in [1.165, 1.54) is 0 Å². The van der Waals surface area contributed by atoms with Gasteiger partial charge in [-0.1, -0.05) is 41.9 Å². The number of fused-ring (bicyclic) bond motifs is 1. The fourth-order valence-corrected chi connectivity index (χ4v) is 4.26. The lowest BCUT2D eigenvalue weighted by atomic mass is 9.86. The molecule has 0 bridgehead atoms. The van der Waals surface area contributed by atoms with Crippen LogP contribution in [0, 0.1) is 6.92 Å². The number of pyridine rings is 1. The molecule has 5 heteroatoms. The highest BCUT2D eigenvalue weighted by molar-refractivity contribution is 6.30. The first-order valence-electron chi connectivity index (χ1n) is 10.8. The standard InChI is InChI=1S/C28H26ClNO3/c1-17-15-21-16-20(18-11-13-30-14-12-18)7-10-23(21)25(19-5-8-22(29)9-6-19)24(17)26(27(31)32)33-28(2,3)4/h5-16,26H,1-4H3,(H,31,32). The molecule has 0 aliphatic rings. The van der Waals surface area contributed by atoms with Gasteiger partial charge in [0.05, 0.1) is 5.60 Å². The number of benzene rings is 3. The maximum absolute atomic E-state index is 12.4. The number of aromatic nitrogens is 1. The summed E-state index contributed by atoms with van der Waals surface area (Å²) >= 11 is 6.15. The minimum absolute atomic E-state index is 0.623. The van der Waals surface area contributed by atoms with Crippen molar-refractivity contribution in [2.75, 3.05) is 0 Å². The van der Waals surface area contributed by atoms with Crippen LogP contribution in [0.5, 0.6) is 0 Å². The van der Waals surface area contributed by atoms with Gasteiger partial charge >= 0.3 is 5.97 Å². The van der Waals surface area contributed by atoms with E-state index in [1.54, 1.807) is 12.4 Å². The number of aryl methyl sites for hydroxylation is 1. The molecule has 0 spiro atoms. The van der Waals surface area contributed by atoms with E-state index in [-0.39, 0.29) is 0 Å². The Bertz CT molecular complexity index is 1310. The Morgan fingerprint density at radius 1 is 0.939 bits per heavy atom. The predicted molar refractivity (Wildman–Crippen MR) is 134 cm³/mol. The molecule has 0 saturated heterocycles. The summed E-state index contributed by atoms with van der Waals surface area (Å²) in [6.45, 7) is 7.53. The molecule has 4 aromatic rings. The number of rotatable bonds is 5. The fraction of sp³-hybridized carbons (Fsp3) is 0.214. The van der Waals surface area contributed by atoms with Gasteiger partial charge in [0.2, 0.25) is 0 Å². The van der Waals surface area contributed by atoms with E-state index in [2.05, 4.69) is 17.1 Å². The third kappa shape index (κ3) is 4.92. The van der Waals surface area contributed by atoms with Crippen molar-refractivity contribution in [3.05, 3.63) is 89.2 Å². The molecule has 168 valence electrons. The second-order valence-corrected chi connectivity index (χ2v) is 9.55. The number of aliphatic carboxylic acids is 1. The summed E-state index contributed by atoms with van der Waals surface area (Å²) in [5.41, 5.74) is 4.76. The van der Waals surface area contributed by atoms with Crippen molar-refractivity contribution < 1.29 is 14.6 Å². The number of carbonyl (C=O) groups is 1. The lowest BCUT2D eigenvalue weighted by molar-refractivity contribution is -0.160. The Hall–Kier alpha value is -3.21. The second kappa shape index (κ2) is 8.97. The van der Waals surface area contributed by atoms with E-state index in [9.17, 15) is 9.90 Å². The van der Waals surface area contributed by atoms with Gasteiger partial charge in [0, 0.05) is 23.0 Å². The molecular formula is C28H26ClNO3. The number of carboxylic acid groups (broad SMARTS) is 1. The van der Waals surface area contributed by atoms with E-state index in [4.69, 9.17) is 16.3 Å². The molecule has 1 unspecified atom stereocenters. The van der Waals surface area contributed by atoms with Gasteiger partial charge in [-0.25, -0.2) is 4.79 Å². The molecular weight excluding hydrogens is 434 g/mol. The molecule has 0 fully saturated rings.